The third-order valence-corrected chi connectivity index (χ3v) is 3.31. The fourth-order valence-corrected chi connectivity index (χ4v) is 2.07. The number of hydrogen-bond donors (Lipinski definition) is 1. The Bertz CT molecular complexity index is 317. The van der Waals surface area contributed by atoms with Gasteiger partial charge in [-0.2, -0.15) is 5.10 Å². The van der Waals surface area contributed by atoms with Crippen molar-refractivity contribution in [2.45, 2.75) is 45.8 Å². The van der Waals surface area contributed by atoms with Gasteiger partial charge in [0, 0.05) is 18.3 Å². The molecule has 3 nitrogen and oxygen atoms in total. The van der Waals surface area contributed by atoms with E-state index >= 15 is 0 Å². The first-order valence-electron chi connectivity index (χ1n) is 5.92. The van der Waals surface area contributed by atoms with Crippen LogP contribution in [0.3, 0.4) is 0 Å². The molecule has 1 aliphatic rings. The van der Waals surface area contributed by atoms with E-state index in [1.165, 1.54) is 12.8 Å². The van der Waals surface area contributed by atoms with Gasteiger partial charge in [0.25, 0.3) is 0 Å². The van der Waals surface area contributed by atoms with E-state index in [9.17, 15) is 5.11 Å². The summed E-state index contributed by atoms with van der Waals surface area (Å²) in [4.78, 5) is 0. The van der Waals surface area contributed by atoms with E-state index in [1.807, 2.05) is 10.9 Å². The maximum Gasteiger partial charge on any atom is 0.0848 e. The quantitative estimate of drug-likeness (QED) is 0.806. The lowest BCUT2D eigenvalue weighted by Crippen LogP contribution is -2.10. The minimum Gasteiger partial charge on any atom is -0.388 e. The van der Waals surface area contributed by atoms with Crippen LogP contribution in [0.4, 0.5) is 0 Å². The average molecular weight is 208 g/mol. The predicted octanol–water partition coefficient (Wildman–Crippen LogP) is 2.37. The maximum atomic E-state index is 10.1. The summed E-state index contributed by atoms with van der Waals surface area (Å²) in [5.74, 6) is 1.11. The third-order valence-electron chi connectivity index (χ3n) is 3.31. The van der Waals surface area contributed by atoms with E-state index < -0.39 is 0 Å². The molecule has 0 aromatic carbocycles. The molecule has 1 saturated carbocycles. The van der Waals surface area contributed by atoms with Gasteiger partial charge in [0.2, 0.25) is 0 Å². The number of aliphatic hydroxyl groups excluding tert-OH is 1. The van der Waals surface area contributed by atoms with Gasteiger partial charge < -0.3 is 5.11 Å². The topological polar surface area (TPSA) is 38.0 Å². The molecular formula is C12H20N2O. The summed E-state index contributed by atoms with van der Waals surface area (Å²) in [5, 5.41) is 14.4. The summed E-state index contributed by atoms with van der Waals surface area (Å²) in [6, 6.07) is 0. The van der Waals surface area contributed by atoms with Crippen LogP contribution in [0.2, 0.25) is 0 Å². The summed E-state index contributed by atoms with van der Waals surface area (Å²) >= 11 is 0. The second kappa shape index (κ2) is 4.35. The second-order valence-corrected chi connectivity index (χ2v) is 4.68. The lowest BCUT2D eigenvalue weighted by molar-refractivity contribution is 0.106. The van der Waals surface area contributed by atoms with Crippen molar-refractivity contribution in [3.8, 4) is 0 Å². The first-order chi connectivity index (χ1) is 7.22. The van der Waals surface area contributed by atoms with Crippen LogP contribution in [0.15, 0.2) is 12.4 Å². The van der Waals surface area contributed by atoms with Gasteiger partial charge in [-0.15, -0.1) is 0 Å². The van der Waals surface area contributed by atoms with E-state index in [0.717, 1.165) is 24.4 Å². The first kappa shape index (κ1) is 10.7. The van der Waals surface area contributed by atoms with Gasteiger partial charge in [-0.25, -0.2) is 0 Å². The summed E-state index contributed by atoms with van der Waals surface area (Å²) in [7, 11) is 0. The smallest absolute Gasteiger partial charge is 0.0848 e. The molecule has 2 unspecified atom stereocenters. The molecule has 1 heterocycles. The van der Waals surface area contributed by atoms with Crippen molar-refractivity contribution >= 4 is 0 Å². The van der Waals surface area contributed by atoms with Crippen LogP contribution < -0.4 is 0 Å². The van der Waals surface area contributed by atoms with Crippen molar-refractivity contribution in [3.05, 3.63) is 18.0 Å². The second-order valence-electron chi connectivity index (χ2n) is 4.68. The zero-order valence-corrected chi connectivity index (χ0v) is 9.56. The molecule has 0 aliphatic heterocycles. The Balaban J connectivity index is 2.00. The van der Waals surface area contributed by atoms with Crippen LogP contribution in [-0.4, -0.2) is 14.9 Å². The lowest BCUT2D eigenvalue weighted by Gasteiger charge is -2.16. The molecule has 1 aromatic heterocycles. The predicted molar refractivity (Wildman–Crippen MR) is 59.4 cm³/mol. The molecule has 0 saturated heterocycles. The van der Waals surface area contributed by atoms with E-state index in [1.54, 1.807) is 6.20 Å². The van der Waals surface area contributed by atoms with Crippen LogP contribution in [0.25, 0.3) is 0 Å². The molecule has 0 radical (unpaired) electrons. The Morgan fingerprint density at radius 2 is 2.33 bits per heavy atom. The molecule has 2 rings (SSSR count). The fourth-order valence-electron chi connectivity index (χ4n) is 2.07. The van der Waals surface area contributed by atoms with Gasteiger partial charge >= 0.3 is 0 Å². The van der Waals surface area contributed by atoms with E-state index in [2.05, 4.69) is 18.9 Å². The average Bonchev–Trinajstić information content (AvgIpc) is 2.98. The number of hydrogen-bond acceptors (Lipinski definition) is 2. The molecule has 84 valence electrons. The van der Waals surface area contributed by atoms with E-state index in [4.69, 9.17) is 0 Å². The van der Waals surface area contributed by atoms with Gasteiger partial charge in [0.1, 0.15) is 0 Å². The summed E-state index contributed by atoms with van der Waals surface area (Å²) in [6.45, 7) is 5.20. The number of aromatic nitrogens is 2. The Labute approximate surface area is 91.1 Å². The third kappa shape index (κ3) is 2.40. The molecule has 1 N–H and O–H groups in total. The summed E-state index contributed by atoms with van der Waals surface area (Å²) < 4.78 is 1.91. The van der Waals surface area contributed by atoms with Crippen molar-refractivity contribution in [2.75, 3.05) is 0 Å². The molecule has 2 atom stereocenters. The zero-order valence-electron chi connectivity index (χ0n) is 9.56. The van der Waals surface area contributed by atoms with Crippen molar-refractivity contribution in [1.29, 1.82) is 0 Å². The molecule has 3 heteroatoms. The Morgan fingerprint density at radius 1 is 1.60 bits per heavy atom. The monoisotopic (exact) mass is 208 g/mol. The number of nitrogens with zero attached hydrogens (tertiary/aromatic N) is 2. The summed E-state index contributed by atoms with van der Waals surface area (Å²) in [5.41, 5.74) is 0.975. The Kier molecular flexibility index (Phi) is 3.10. The first-order valence-corrected chi connectivity index (χ1v) is 5.92. The minimum absolute atomic E-state index is 0.330. The van der Waals surface area contributed by atoms with Gasteiger partial charge in [-0.3, -0.25) is 4.68 Å². The summed E-state index contributed by atoms with van der Waals surface area (Å²) in [6.07, 6.45) is 7.09. The van der Waals surface area contributed by atoms with Gasteiger partial charge in [-0.1, -0.05) is 13.8 Å². The number of aryl methyl sites for hydroxylation is 1. The highest BCUT2D eigenvalue weighted by Gasteiger charge is 2.33. The molecule has 0 spiro atoms. The van der Waals surface area contributed by atoms with Crippen LogP contribution in [0.1, 0.15) is 44.8 Å². The molecule has 1 aromatic rings. The SMILES string of the molecule is CCCn1cc(C(O)C(C)C2CC2)cn1. The van der Waals surface area contributed by atoms with Crippen molar-refractivity contribution in [3.63, 3.8) is 0 Å². The van der Waals surface area contributed by atoms with E-state index in [-0.39, 0.29) is 6.10 Å². The van der Waals surface area contributed by atoms with Crippen molar-refractivity contribution < 1.29 is 5.11 Å². The van der Waals surface area contributed by atoms with Crippen LogP contribution in [0, 0.1) is 11.8 Å². The molecule has 1 aliphatic carbocycles. The van der Waals surface area contributed by atoms with Crippen molar-refractivity contribution in [1.82, 2.24) is 9.78 Å². The highest BCUT2D eigenvalue weighted by molar-refractivity contribution is 5.10. The van der Waals surface area contributed by atoms with Gasteiger partial charge in [-0.05, 0) is 31.1 Å². The van der Waals surface area contributed by atoms with Crippen molar-refractivity contribution in [2.24, 2.45) is 11.8 Å². The zero-order chi connectivity index (χ0) is 10.8. The molecular weight excluding hydrogens is 188 g/mol. The molecule has 15 heavy (non-hydrogen) atoms. The number of aliphatic hydroxyl groups is 1. The largest absolute Gasteiger partial charge is 0.388 e. The fraction of sp³-hybridized carbons (Fsp3) is 0.750. The highest BCUT2D eigenvalue weighted by atomic mass is 16.3. The molecule has 1 fully saturated rings. The van der Waals surface area contributed by atoms with Gasteiger partial charge in [0.15, 0.2) is 0 Å². The van der Waals surface area contributed by atoms with Gasteiger partial charge in [0.05, 0.1) is 12.3 Å². The van der Waals surface area contributed by atoms with Crippen LogP contribution >= 0.6 is 0 Å². The Morgan fingerprint density at radius 3 is 2.93 bits per heavy atom. The standard InChI is InChI=1S/C12H20N2O/c1-3-6-14-8-11(7-13-14)12(15)9(2)10-4-5-10/h7-10,12,15H,3-6H2,1-2H3. The van der Waals surface area contributed by atoms with E-state index in [0.29, 0.717) is 5.92 Å². The Hall–Kier alpha value is -0.830. The molecule has 0 amide bonds. The van der Waals surface area contributed by atoms with Crippen LogP contribution in [0.5, 0.6) is 0 Å². The normalized spacial score (nSPS) is 20.2. The molecule has 0 bridgehead atoms. The minimum atomic E-state index is -0.330. The van der Waals surface area contributed by atoms with Crippen LogP contribution in [-0.2, 0) is 6.54 Å². The number of rotatable bonds is 5. The maximum absolute atomic E-state index is 10.1. The lowest BCUT2D eigenvalue weighted by atomic mass is 9.95. The highest BCUT2D eigenvalue weighted by Crippen LogP contribution is 2.42.